The van der Waals surface area contributed by atoms with E-state index in [1.807, 2.05) is 48.8 Å². The number of ketones is 1. The van der Waals surface area contributed by atoms with E-state index in [4.69, 9.17) is 4.42 Å². The molecule has 0 radical (unpaired) electrons. The molecule has 36 heavy (non-hydrogen) atoms. The molecular formula is C31H28N2O2S. The number of furan rings is 1. The van der Waals surface area contributed by atoms with Gasteiger partial charge in [-0.1, -0.05) is 54.6 Å². The zero-order chi connectivity index (χ0) is 24.5. The SMILES string of the molecule is Cc1c(C(=O)c2ccccc2)oc2ccc(N(CCc3ccc(-c4cscn4)cc3)CC3CC3)cc12. The fraction of sp³-hybridized carbons (Fsp3) is 0.226. The Kier molecular flexibility index (Phi) is 6.16. The zero-order valence-corrected chi connectivity index (χ0v) is 21.1. The van der Waals surface area contributed by atoms with Crippen LogP contribution in [-0.2, 0) is 6.42 Å². The van der Waals surface area contributed by atoms with Gasteiger partial charge in [-0.15, -0.1) is 11.3 Å². The van der Waals surface area contributed by atoms with Crippen molar-refractivity contribution >= 4 is 33.8 Å². The smallest absolute Gasteiger partial charge is 0.228 e. The lowest BCUT2D eigenvalue weighted by Crippen LogP contribution is -2.28. The van der Waals surface area contributed by atoms with E-state index < -0.39 is 0 Å². The molecule has 0 bridgehead atoms. The quantitative estimate of drug-likeness (QED) is 0.199. The van der Waals surface area contributed by atoms with Gasteiger partial charge in [-0.2, -0.15) is 0 Å². The number of thiazole rings is 1. The van der Waals surface area contributed by atoms with Crippen LogP contribution in [0, 0.1) is 12.8 Å². The number of aromatic nitrogens is 1. The van der Waals surface area contributed by atoms with E-state index in [0.29, 0.717) is 11.3 Å². The highest BCUT2D eigenvalue weighted by Crippen LogP contribution is 2.34. The number of carbonyl (C=O) groups excluding carboxylic acids is 1. The van der Waals surface area contributed by atoms with Crippen LogP contribution in [0.2, 0.25) is 0 Å². The molecule has 0 atom stereocenters. The molecule has 0 amide bonds. The number of rotatable bonds is 9. The Morgan fingerprint density at radius 2 is 1.86 bits per heavy atom. The maximum Gasteiger partial charge on any atom is 0.228 e. The Morgan fingerprint density at radius 1 is 1.06 bits per heavy atom. The van der Waals surface area contributed by atoms with Crippen LogP contribution in [0.5, 0.6) is 0 Å². The summed E-state index contributed by atoms with van der Waals surface area (Å²) in [5.74, 6) is 1.14. The third-order valence-corrected chi connectivity index (χ3v) is 7.64. The highest BCUT2D eigenvalue weighted by atomic mass is 32.1. The second-order valence-corrected chi connectivity index (χ2v) is 10.4. The molecule has 0 saturated heterocycles. The van der Waals surface area contributed by atoms with Gasteiger partial charge in [0, 0.05) is 46.2 Å². The average molecular weight is 493 g/mol. The second kappa shape index (κ2) is 9.75. The Morgan fingerprint density at radius 3 is 2.58 bits per heavy atom. The number of hydrogen-bond donors (Lipinski definition) is 0. The van der Waals surface area contributed by atoms with Gasteiger partial charge >= 0.3 is 0 Å². The van der Waals surface area contributed by atoms with Gasteiger partial charge in [-0.05, 0) is 55.9 Å². The summed E-state index contributed by atoms with van der Waals surface area (Å²) < 4.78 is 6.04. The first-order valence-electron chi connectivity index (χ1n) is 12.5. The first-order valence-corrected chi connectivity index (χ1v) is 13.5. The predicted molar refractivity (Wildman–Crippen MR) is 147 cm³/mol. The van der Waals surface area contributed by atoms with Crippen molar-refractivity contribution in [2.24, 2.45) is 5.92 Å². The number of hydrogen-bond acceptors (Lipinski definition) is 5. The third kappa shape index (κ3) is 4.71. The molecule has 4 nitrogen and oxygen atoms in total. The van der Waals surface area contributed by atoms with Gasteiger partial charge in [0.15, 0.2) is 5.76 Å². The minimum Gasteiger partial charge on any atom is -0.452 e. The summed E-state index contributed by atoms with van der Waals surface area (Å²) in [6.45, 7) is 4.00. The third-order valence-electron chi connectivity index (χ3n) is 7.06. The van der Waals surface area contributed by atoms with E-state index in [1.54, 1.807) is 11.3 Å². The summed E-state index contributed by atoms with van der Waals surface area (Å²) in [5, 5.41) is 3.10. The average Bonchev–Trinajstić information content (AvgIpc) is 3.45. The van der Waals surface area contributed by atoms with Gasteiger partial charge in [-0.25, -0.2) is 4.98 Å². The highest BCUT2D eigenvalue weighted by Gasteiger charge is 2.25. The predicted octanol–water partition coefficient (Wildman–Crippen LogP) is 7.55. The van der Waals surface area contributed by atoms with Gasteiger partial charge in [0.25, 0.3) is 0 Å². The molecule has 2 aromatic heterocycles. The molecule has 2 heterocycles. The summed E-state index contributed by atoms with van der Waals surface area (Å²) in [4.78, 5) is 20.0. The maximum absolute atomic E-state index is 13.1. The number of anilines is 1. The molecule has 0 N–H and O–H groups in total. The molecule has 1 aliphatic carbocycles. The van der Waals surface area contributed by atoms with E-state index in [2.05, 4.69) is 51.7 Å². The molecule has 1 aliphatic rings. The molecule has 6 rings (SSSR count). The number of nitrogens with zero attached hydrogens (tertiary/aromatic N) is 2. The van der Waals surface area contributed by atoms with E-state index in [-0.39, 0.29) is 5.78 Å². The van der Waals surface area contributed by atoms with Crippen LogP contribution in [0.1, 0.15) is 40.1 Å². The Balaban J connectivity index is 1.23. The molecule has 0 spiro atoms. The van der Waals surface area contributed by atoms with Gasteiger partial charge in [0.1, 0.15) is 5.58 Å². The fourth-order valence-corrected chi connectivity index (χ4v) is 5.30. The van der Waals surface area contributed by atoms with Gasteiger partial charge < -0.3 is 9.32 Å². The second-order valence-electron chi connectivity index (χ2n) is 9.64. The number of aryl methyl sites for hydroxylation is 1. The van der Waals surface area contributed by atoms with Crippen molar-refractivity contribution in [2.45, 2.75) is 26.2 Å². The monoisotopic (exact) mass is 492 g/mol. The molecule has 180 valence electrons. The minimum absolute atomic E-state index is 0.0678. The van der Waals surface area contributed by atoms with Crippen LogP contribution in [0.25, 0.3) is 22.2 Å². The van der Waals surface area contributed by atoms with Crippen LogP contribution in [0.4, 0.5) is 5.69 Å². The van der Waals surface area contributed by atoms with Crippen LogP contribution in [-0.4, -0.2) is 23.9 Å². The normalized spacial score (nSPS) is 13.2. The molecular weight excluding hydrogens is 464 g/mol. The number of fused-ring (bicyclic) bond motifs is 1. The molecule has 0 unspecified atom stereocenters. The molecule has 5 heteroatoms. The molecule has 5 aromatic rings. The van der Waals surface area contributed by atoms with Crippen molar-refractivity contribution in [3.63, 3.8) is 0 Å². The van der Waals surface area contributed by atoms with Gasteiger partial charge in [-0.3, -0.25) is 4.79 Å². The largest absolute Gasteiger partial charge is 0.452 e. The summed E-state index contributed by atoms with van der Waals surface area (Å²) in [7, 11) is 0. The van der Waals surface area contributed by atoms with E-state index in [1.165, 1.54) is 24.1 Å². The summed E-state index contributed by atoms with van der Waals surface area (Å²) in [6.07, 6.45) is 3.59. The standard InChI is InChI=1S/C31H28N2O2S/c1-21-27-17-26(13-14-29(27)35-31(21)30(34)25-5-3-2-4-6-25)33(18-23-7-8-23)16-15-22-9-11-24(12-10-22)28-19-36-20-32-28/h2-6,9-14,17,19-20,23H,7-8,15-16,18H2,1H3. The van der Waals surface area contributed by atoms with Crippen LogP contribution >= 0.6 is 11.3 Å². The van der Waals surface area contributed by atoms with Crippen molar-refractivity contribution in [1.82, 2.24) is 4.98 Å². The lowest BCUT2D eigenvalue weighted by Gasteiger charge is -2.25. The van der Waals surface area contributed by atoms with E-state index >= 15 is 0 Å². The Labute approximate surface area is 215 Å². The molecule has 1 fully saturated rings. The zero-order valence-electron chi connectivity index (χ0n) is 20.3. The molecule has 1 saturated carbocycles. The number of carbonyl (C=O) groups is 1. The van der Waals surface area contributed by atoms with Crippen LogP contribution in [0.3, 0.4) is 0 Å². The summed E-state index contributed by atoms with van der Waals surface area (Å²) >= 11 is 1.62. The first kappa shape index (κ1) is 22.7. The summed E-state index contributed by atoms with van der Waals surface area (Å²) in [6, 6.07) is 24.5. The first-order chi connectivity index (χ1) is 17.7. The van der Waals surface area contributed by atoms with Gasteiger partial charge in [0.2, 0.25) is 5.78 Å². The molecule has 0 aliphatic heterocycles. The van der Waals surface area contributed by atoms with E-state index in [0.717, 1.165) is 53.2 Å². The van der Waals surface area contributed by atoms with Crippen molar-refractivity contribution in [2.75, 3.05) is 18.0 Å². The lowest BCUT2D eigenvalue weighted by molar-refractivity contribution is 0.101. The van der Waals surface area contributed by atoms with Crippen molar-refractivity contribution in [3.8, 4) is 11.3 Å². The fourth-order valence-electron chi connectivity index (χ4n) is 4.74. The Hall–Kier alpha value is -3.70. The van der Waals surface area contributed by atoms with Crippen molar-refractivity contribution in [1.29, 1.82) is 0 Å². The van der Waals surface area contributed by atoms with Crippen molar-refractivity contribution in [3.05, 3.63) is 106 Å². The number of benzene rings is 3. The molecule has 3 aromatic carbocycles. The summed E-state index contributed by atoms with van der Waals surface area (Å²) in [5.41, 5.74) is 8.91. The Bertz CT molecular complexity index is 1480. The minimum atomic E-state index is -0.0678. The highest BCUT2D eigenvalue weighted by molar-refractivity contribution is 7.07. The topological polar surface area (TPSA) is 46.3 Å². The van der Waals surface area contributed by atoms with Gasteiger partial charge in [0.05, 0.1) is 11.2 Å². The maximum atomic E-state index is 13.1. The van der Waals surface area contributed by atoms with Crippen LogP contribution < -0.4 is 4.90 Å². The van der Waals surface area contributed by atoms with E-state index in [9.17, 15) is 4.79 Å². The lowest BCUT2D eigenvalue weighted by atomic mass is 10.0. The van der Waals surface area contributed by atoms with Crippen molar-refractivity contribution < 1.29 is 9.21 Å². The van der Waals surface area contributed by atoms with Crippen LogP contribution in [0.15, 0.2) is 88.1 Å².